The molecule has 0 atom stereocenters. The third-order valence-corrected chi connectivity index (χ3v) is 3.88. The van der Waals surface area contributed by atoms with Gasteiger partial charge in [-0.25, -0.2) is 4.79 Å². The topological polar surface area (TPSA) is 55.8 Å². The number of ketones is 1. The maximum atomic E-state index is 12.4. The number of cyclic esters (lactones) is 1. The van der Waals surface area contributed by atoms with E-state index in [1.165, 1.54) is 11.0 Å². The van der Waals surface area contributed by atoms with Gasteiger partial charge in [-0.05, 0) is 49.8 Å². The first-order valence-electron chi connectivity index (χ1n) is 8.56. The second-order valence-electron chi connectivity index (χ2n) is 6.25. The van der Waals surface area contributed by atoms with Crippen LogP contribution in [0.25, 0.3) is 6.08 Å². The number of allylic oxidation sites excluding steroid dienone is 1. The number of hydrogen-bond donors (Lipinski definition) is 0. The summed E-state index contributed by atoms with van der Waals surface area (Å²) in [5.41, 5.74) is 2.11. The van der Waals surface area contributed by atoms with Gasteiger partial charge in [-0.2, -0.15) is 0 Å². The molecule has 1 aliphatic rings. The molecule has 1 amide bonds. The monoisotopic (exact) mass is 351 g/mol. The lowest BCUT2D eigenvalue weighted by molar-refractivity contribution is 0.104. The average molecular weight is 351 g/mol. The van der Waals surface area contributed by atoms with Crippen molar-refractivity contribution in [3.8, 4) is 5.75 Å². The maximum Gasteiger partial charge on any atom is 0.414 e. The third kappa shape index (κ3) is 4.30. The molecule has 1 aliphatic heterocycles. The molecule has 0 N–H and O–H groups in total. The van der Waals surface area contributed by atoms with Crippen LogP contribution in [0.2, 0.25) is 0 Å². The molecule has 5 nitrogen and oxygen atoms in total. The number of nitrogens with zero attached hydrogens (tertiary/aromatic N) is 1. The molecule has 2 aromatic rings. The Balaban J connectivity index is 1.69. The fourth-order valence-electron chi connectivity index (χ4n) is 2.65. The van der Waals surface area contributed by atoms with Gasteiger partial charge in [0.15, 0.2) is 5.78 Å². The van der Waals surface area contributed by atoms with E-state index in [9.17, 15) is 9.59 Å². The standard InChI is InChI=1S/C21H21NO4/c1-15(2)26-19-9-6-16(7-10-19)8-11-20(23)17-4-3-5-18(14-17)22-12-13-25-21(22)24/h3-11,14-15H,12-13H2,1-2H3/b11-8+. The van der Waals surface area contributed by atoms with Crippen LogP contribution in [0.5, 0.6) is 5.75 Å². The molecule has 134 valence electrons. The van der Waals surface area contributed by atoms with Crippen molar-refractivity contribution in [2.24, 2.45) is 0 Å². The van der Waals surface area contributed by atoms with Crippen molar-refractivity contribution in [3.63, 3.8) is 0 Å². The number of anilines is 1. The van der Waals surface area contributed by atoms with Gasteiger partial charge in [0, 0.05) is 11.3 Å². The normalized spacial score (nSPS) is 14.1. The number of ether oxygens (including phenoxy) is 2. The Bertz CT molecular complexity index is 824. The Morgan fingerprint density at radius 1 is 1.19 bits per heavy atom. The minimum absolute atomic E-state index is 0.123. The van der Waals surface area contributed by atoms with Crippen molar-refractivity contribution in [1.82, 2.24) is 0 Å². The number of amides is 1. The molecule has 0 aromatic heterocycles. The zero-order valence-corrected chi connectivity index (χ0v) is 14.8. The van der Waals surface area contributed by atoms with Crippen LogP contribution in [0.3, 0.4) is 0 Å². The molecule has 0 aliphatic carbocycles. The van der Waals surface area contributed by atoms with Gasteiger partial charge in [0.25, 0.3) is 0 Å². The van der Waals surface area contributed by atoms with Crippen molar-refractivity contribution < 1.29 is 19.1 Å². The van der Waals surface area contributed by atoms with Crippen LogP contribution in [0.1, 0.15) is 29.8 Å². The molecule has 1 fully saturated rings. The minimum atomic E-state index is -0.381. The Labute approximate surface area is 152 Å². The molecule has 0 bridgehead atoms. The molecule has 3 rings (SSSR count). The highest BCUT2D eigenvalue weighted by Gasteiger charge is 2.23. The van der Waals surface area contributed by atoms with E-state index >= 15 is 0 Å². The van der Waals surface area contributed by atoms with E-state index in [1.807, 2.05) is 38.1 Å². The zero-order chi connectivity index (χ0) is 18.5. The predicted molar refractivity (Wildman–Crippen MR) is 101 cm³/mol. The third-order valence-electron chi connectivity index (χ3n) is 3.88. The summed E-state index contributed by atoms with van der Waals surface area (Å²) in [5.74, 6) is 0.676. The Morgan fingerprint density at radius 2 is 1.96 bits per heavy atom. The number of rotatable bonds is 6. The lowest BCUT2D eigenvalue weighted by atomic mass is 10.1. The van der Waals surface area contributed by atoms with Gasteiger partial charge in [0.05, 0.1) is 12.6 Å². The van der Waals surface area contributed by atoms with Crippen LogP contribution in [-0.2, 0) is 4.74 Å². The van der Waals surface area contributed by atoms with E-state index in [0.29, 0.717) is 24.4 Å². The Kier molecular flexibility index (Phi) is 5.37. The van der Waals surface area contributed by atoms with Gasteiger partial charge in [0.1, 0.15) is 12.4 Å². The van der Waals surface area contributed by atoms with Crippen molar-refractivity contribution >= 4 is 23.6 Å². The van der Waals surface area contributed by atoms with Crippen LogP contribution in [0, 0.1) is 0 Å². The van der Waals surface area contributed by atoms with E-state index in [2.05, 4.69) is 0 Å². The van der Waals surface area contributed by atoms with E-state index in [4.69, 9.17) is 9.47 Å². The average Bonchev–Trinajstić information content (AvgIpc) is 3.06. The SMILES string of the molecule is CC(C)Oc1ccc(/C=C/C(=O)c2cccc(N3CCOC3=O)c2)cc1. The van der Waals surface area contributed by atoms with E-state index < -0.39 is 0 Å². The maximum absolute atomic E-state index is 12.4. The predicted octanol–water partition coefficient (Wildman–Crippen LogP) is 4.33. The minimum Gasteiger partial charge on any atom is -0.491 e. The Morgan fingerprint density at radius 3 is 2.62 bits per heavy atom. The molecule has 0 radical (unpaired) electrons. The second-order valence-corrected chi connectivity index (χ2v) is 6.25. The van der Waals surface area contributed by atoms with Crippen LogP contribution >= 0.6 is 0 Å². The molecule has 0 saturated carbocycles. The first kappa shape index (κ1) is 17.7. The van der Waals surface area contributed by atoms with Gasteiger partial charge >= 0.3 is 6.09 Å². The van der Waals surface area contributed by atoms with Crippen molar-refractivity contribution in [1.29, 1.82) is 0 Å². The largest absolute Gasteiger partial charge is 0.491 e. The fourth-order valence-corrected chi connectivity index (χ4v) is 2.65. The van der Waals surface area contributed by atoms with Crippen LogP contribution < -0.4 is 9.64 Å². The summed E-state index contributed by atoms with van der Waals surface area (Å²) in [6, 6.07) is 14.6. The second kappa shape index (κ2) is 7.87. The summed E-state index contributed by atoms with van der Waals surface area (Å²) in [6.07, 6.45) is 3.03. The zero-order valence-electron chi connectivity index (χ0n) is 14.8. The molecule has 26 heavy (non-hydrogen) atoms. The molecule has 5 heteroatoms. The molecule has 1 saturated heterocycles. The summed E-state index contributed by atoms with van der Waals surface area (Å²) in [5, 5.41) is 0. The number of hydrogen-bond acceptors (Lipinski definition) is 4. The summed E-state index contributed by atoms with van der Waals surface area (Å²) >= 11 is 0. The first-order chi connectivity index (χ1) is 12.5. The highest BCUT2D eigenvalue weighted by Crippen LogP contribution is 2.21. The molecule has 0 unspecified atom stereocenters. The van der Waals surface area contributed by atoms with Crippen LogP contribution in [-0.4, -0.2) is 31.1 Å². The van der Waals surface area contributed by atoms with E-state index in [-0.39, 0.29) is 18.0 Å². The molecule has 0 spiro atoms. The number of carbonyl (C=O) groups excluding carboxylic acids is 2. The van der Waals surface area contributed by atoms with Gasteiger partial charge in [-0.15, -0.1) is 0 Å². The number of carbonyl (C=O) groups is 2. The first-order valence-corrected chi connectivity index (χ1v) is 8.56. The smallest absolute Gasteiger partial charge is 0.414 e. The van der Waals surface area contributed by atoms with Gasteiger partial charge < -0.3 is 9.47 Å². The van der Waals surface area contributed by atoms with E-state index in [1.54, 1.807) is 30.3 Å². The highest BCUT2D eigenvalue weighted by molar-refractivity contribution is 6.07. The molecular weight excluding hydrogens is 330 g/mol. The van der Waals surface area contributed by atoms with Gasteiger partial charge in [-0.1, -0.05) is 30.3 Å². The summed E-state index contributed by atoms with van der Waals surface area (Å²) in [6.45, 7) is 4.81. The van der Waals surface area contributed by atoms with Gasteiger partial charge in [-0.3, -0.25) is 9.69 Å². The molecular formula is C21H21NO4. The summed E-state index contributed by atoms with van der Waals surface area (Å²) < 4.78 is 10.5. The number of benzene rings is 2. The quantitative estimate of drug-likeness (QED) is 0.574. The lowest BCUT2D eigenvalue weighted by Crippen LogP contribution is -2.23. The summed E-state index contributed by atoms with van der Waals surface area (Å²) in [7, 11) is 0. The van der Waals surface area contributed by atoms with Crippen molar-refractivity contribution in [3.05, 3.63) is 65.7 Å². The van der Waals surface area contributed by atoms with Crippen LogP contribution in [0.4, 0.5) is 10.5 Å². The van der Waals surface area contributed by atoms with Crippen LogP contribution in [0.15, 0.2) is 54.6 Å². The van der Waals surface area contributed by atoms with Crippen molar-refractivity contribution in [2.75, 3.05) is 18.1 Å². The highest BCUT2D eigenvalue weighted by atomic mass is 16.6. The Hall–Kier alpha value is -3.08. The van der Waals surface area contributed by atoms with Gasteiger partial charge in [0.2, 0.25) is 0 Å². The molecule has 1 heterocycles. The lowest BCUT2D eigenvalue weighted by Gasteiger charge is -2.13. The molecule has 2 aromatic carbocycles. The fraction of sp³-hybridized carbons (Fsp3) is 0.238. The summed E-state index contributed by atoms with van der Waals surface area (Å²) in [4.78, 5) is 25.6. The van der Waals surface area contributed by atoms with E-state index in [0.717, 1.165) is 11.3 Å². The van der Waals surface area contributed by atoms with Crippen molar-refractivity contribution in [2.45, 2.75) is 20.0 Å².